The lowest BCUT2D eigenvalue weighted by Crippen LogP contribution is -2.45. The van der Waals surface area contributed by atoms with E-state index in [0.717, 1.165) is 17.4 Å². The van der Waals surface area contributed by atoms with Gasteiger partial charge in [0.1, 0.15) is 6.29 Å². The van der Waals surface area contributed by atoms with Gasteiger partial charge in [-0.25, -0.2) is 0 Å². The molecule has 0 aliphatic rings. The van der Waals surface area contributed by atoms with E-state index in [0.29, 0.717) is 26.1 Å². The fraction of sp³-hybridized carbons (Fsp3) is 0.348. The molecule has 0 aromatic heterocycles. The van der Waals surface area contributed by atoms with E-state index in [1.165, 1.54) is 16.7 Å². The van der Waals surface area contributed by atoms with Crippen molar-refractivity contribution in [2.45, 2.75) is 19.3 Å². The zero-order chi connectivity index (χ0) is 21.1. The molecule has 154 valence electrons. The zero-order valence-electron chi connectivity index (χ0n) is 16.9. The Balaban J connectivity index is 2.23. The molecule has 0 bridgehead atoms. The highest BCUT2D eigenvalue weighted by Gasteiger charge is 2.23. The Labute approximate surface area is 172 Å². The highest BCUT2D eigenvalue weighted by Crippen LogP contribution is 2.25. The summed E-state index contributed by atoms with van der Waals surface area (Å²) >= 11 is 0. The van der Waals surface area contributed by atoms with Crippen LogP contribution in [0.5, 0.6) is 0 Å². The van der Waals surface area contributed by atoms with Crippen LogP contribution < -0.4 is 5.73 Å². The summed E-state index contributed by atoms with van der Waals surface area (Å²) in [4.78, 5) is 39.1. The number of amides is 2. The normalized spacial score (nSPS) is 10.6. The molecule has 0 saturated heterocycles. The standard InChI is InChI=1S/C23H29N3O3/c1-19(28)25(14-8-13-24)18-23(29)26(15-16-27)17-22(20-9-4-2-5-10-20)21-11-6-3-7-12-21/h2-7,9-12,16,22H,8,13-15,17-18,24H2,1H3. The number of rotatable bonds is 11. The Morgan fingerprint density at radius 3 is 1.97 bits per heavy atom. The van der Waals surface area contributed by atoms with Crippen LogP contribution in [0.4, 0.5) is 0 Å². The first-order valence-corrected chi connectivity index (χ1v) is 9.83. The predicted molar refractivity (Wildman–Crippen MR) is 113 cm³/mol. The van der Waals surface area contributed by atoms with Crippen molar-refractivity contribution >= 4 is 18.1 Å². The van der Waals surface area contributed by atoms with Crippen LogP contribution in [-0.4, -0.2) is 60.6 Å². The third kappa shape index (κ3) is 6.84. The van der Waals surface area contributed by atoms with Crippen LogP contribution in [0.3, 0.4) is 0 Å². The minimum absolute atomic E-state index is 0.0162. The molecule has 0 fully saturated rings. The van der Waals surface area contributed by atoms with Crippen molar-refractivity contribution in [3.05, 3.63) is 71.8 Å². The summed E-state index contributed by atoms with van der Waals surface area (Å²) in [5.74, 6) is -0.502. The molecule has 0 aliphatic heterocycles. The average molecular weight is 396 g/mol. The molecular weight excluding hydrogens is 366 g/mol. The number of carbonyl (C=O) groups is 3. The average Bonchev–Trinajstić information content (AvgIpc) is 2.75. The van der Waals surface area contributed by atoms with Gasteiger partial charge >= 0.3 is 0 Å². The maximum Gasteiger partial charge on any atom is 0.242 e. The van der Waals surface area contributed by atoms with Crippen LogP contribution in [0.1, 0.15) is 30.4 Å². The zero-order valence-corrected chi connectivity index (χ0v) is 16.9. The smallest absolute Gasteiger partial charge is 0.242 e. The van der Waals surface area contributed by atoms with E-state index in [4.69, 9.17) is 5.73 Å². The lowest BCUT2D eigenvalue weighted by molar-refractivity contribution is -0.140. The number of hydrogen-bond acceptors (Lipinski definition) is 4. The Morgan fingerprint density at radius 1 is 0.966 bits per heavy atom. The third-order valence-corrected chi connectivity index (χ3v) is 4.86. The molecule has 0 atom stereocenters. The van der Waals surface area contributed by atoms with Crippen LogP contribution in [0.15, 0.2) is 60.7 Å². The van der Waals surface area contributed by atoms with E-state index in [1.807, 2.05) is 60.7 Å². The minimum Gasteiger partial charge on any atom is -0.334 e. The fourth-order valence-corrected chi connectivity index (χ4v) is 3.26. The lowest BCUT2D eigenvalue weighted by atomic mass is 9.90. The lowest BCUT2D eigenvalue weighted by Gasteiger charge is -2.29. The molecule has 0 saturated carbocycles. The van der Waals surface area contributed by atoms with Crippen LogP contribution >= 0.6 is 0 Å². The molecule has 2 aromatic carbocycles. The second kappa shape index (κ2) is 11.8. The molecule has 2 aromatic rings. The van der Waals surface area contributed by atoms with Crippen molar-refractivity contribution in [3.63, 3.8) is 0 Å². The monoisotopic (exact) mass is 395 g/mol. The van der Waals surface area contributed by atoms with Gasteiger partial charge in [0.2, 0.25) is 11.8 Å². The van der Waals surface area contributed by atoms with Crippen molar-refractivity contribution in [1.29, 1.82) is 0 Å². The molecule has 6 nitrogen and oxygen atoms in total. The molecular formula is C23H29N3O3. The van der Waals surface area contributed by atoms with Gasteiger partial charge in [-0.1, -0.05) is 60.7 Å². The molecule has 29 heavy (non-hydrogen) atoms. The molecule has 2 rings (SSSR count). The maximum atomic E-state index is 13.0. The highest BCUT2D eigenvalue weighted by molar-refractivity contribution is 5.85. The van der Waals surface area contributed by atoms with E-state index in [1.54, 1.807) is 0 Å². The first-order chi connectivity index (χ1) is 14.1. The van der Waals surface area contributed by atoms with Gasteiger partial charge in [-0.3, -0.25) is 9.59 Å². The largest absolute Gasteiger partial charge is 0.334 e. The van der Waals surface area contributed by atoms with E-state index >= 15 is 0 Å². The van der Waals surface area contributed by atoms with Crippen molar-refractivity contribution in [2.75, 3.05) is 32.7 Å². The van der Waals surface area contributed by atoms with Crippen molar-refractivity contribution in [3.8, 4) is 0 Å². The van der Waals surface area contributed by atoms with E-state index in [9.17, 15) is 14.4 Å². The molecule has 2 N–H and O–H groups in total. The van der Waals surface area contributed by atoms with Gasteiger partial charge in [-0.05, 0) is 24.1 Å². The number of nitrogens with two attached hydrogens (primary N) is 1. The quantitative estimate of drug-likeness (QED) is 0.590. The van der Waals surface area contributed by atoms with Crippen molar-refractivity contribution in [2.24, 2.45) is 5.73 Å². The van der Waals surface area contributed by atoms with Gasteiger partial charge in [-0.15, -0.1) is 0 Å². The summed E-state index contributed by atoms with van der Waals surface area (Å²) < 4.78 is 0. The Hall–Kier alpha value is -2.99. The first kappa shape index (κ1) is 22.3. The summed E-state index contributed by atoms with van der Waals surface area (Å²) in [6.07, 6.45) is 1.35. The second-order valence-electron chi connectivity index (χ2n) is 6.92. The van der Waals surface area contributed by atoms with E-state index < -0.39 is 0 Å². The van der Waals surface area contributed by atoms with Crippen molar-refractivity contribution < 1.29 is 14.4 Å². The highest BCUT2D eigenvalue weighted by atomic mass is 16.2. The molecule has 6 heteroatoms. The third-order valence-electron chi connectivity index (χ3n) is 4.86. The Bertz CT molecular complexity index is 741. The van der Waals surface area contributed by atoms with Gasteiger partial charge in [0.25, 0.3) is 0 Å². The molecule has 0 spiro atoms. The summed E-state index contributed by atoms with van der Waals surface area (Å²) in [6, 6.07) is 19.8. The van der Waals surface area contributed by atoms with Gasteiger partial charge in [0.15, 0.2) is 0 Å². The van der Waals surface area contributed by atoms with Crippen LogP contribution in [0.25, 0.3) is 0 Å². The molecule has 0 radical (unpaired) electrons. The molecule has 2 amide bonds. The number of hydrogen-bond donors (Lipinski definition) is 1. The summed E-state index contributed by atoms with van der Waals surface area (Å²) in [6.45, 7) is 2.59. The Morgan fingerprint density at radius 2 is 1.52 bits per heavy atom. The van der Waals surface area contributed by atoms with Crippen LogP contribution in [-0.2, 0) is 14.4 Å². The maximum absolute atomic E-state index is 13.0. The van der Waals surface area contributed by atoms with Gasteiger partial charge < -0.3 is 20.3 Å². The van der Waals surface area contributed by atoms with E-state index in [2.05, 4.69) is 0 Å². The molecule has 0 unspecified atom stereocenters. The van der Waals surface area contributed by atoms with E-state index in [-0.39, 0.29) is 30.8 Å². The SMILES string of the molecule is CC(=O)N(CCCN)CC(=O)N(CC=O)CC(c1ccccc1)c1ccccc1. The molecule has 0 heterocycles. The molecule has 0 aliphatic carbocycles. The second-order valence-corrected chi connectivity index (χ2v) is 6.92. The number of benzene rings is 2. The van der Waals surface area contributed by atoms with Crippen LogP contribution in [0, 0.1) is 0 Å². The van der Waals surface area contributed by atoms with Gasteiger partial charge in [-0.2, -0.15) is 0 Å². The van der Waals surface area contributed by atoms with Gasteiger partial charge in [0, 0.05) is 25.9 Å². The first-order valence-electron chi connectivity index (χ1n) is 9.83. The summed E-state index contributed by atoms with van der Waals surface area (Å²) in [5, 5.41) is 0. The topological polar surface area (TPSA) is 83.7 Å². The van der Waals surface area contributed by atoms with Crippen LogP contribution in [0.2, 0.25) is 0 Å². The predicted octanol–water partition coefficient (Wildman–Crippen LogP) is 2.04. The van der Waals surface area contributed by atoms with Gasteiger partial charge in [0.05, 0.1) is 13.1 Å². The number of nitrogens with zero attached hydrogens (tertiary/aromatic N) is 2. The fourth-order valence-electron chi connectivity index (χ4n) is 3.26. The minimum atomic E-state index is -0.249. The number of carbonyl (C=O) groups excluding carboxylic acids is 3. The summed E-state index contributed by atoms with van der Waals surface area (Å²) in [5.41, 5.74) is 7.66. The number of aldehydes is 1. The summed E-state index contributed by atoms with van der Waals surface area (Å²) in [7, 11) is 0. The Kier molecular flexibility index (Phi) is 9.05. The van der Waals surface area contributed by atoms with Crippen molar-refractivity contribution in [1.82, 2.24) is 9.80 Å².